The molecule has 0 N–H and O–H groups in total. The number of ether oxygens (including phenoxy) is 1. The summed E-state index contributed by atoms with van der Waals surface area (Å²) in [6, 6.07) is 13.5. The summed E-state index contributed by atoms with van der Waals surface area (Å²) in [6.45, 7) is 0. The van der Waals surface area contributed by atoms with E-state index in [1.807, 2.05) is 0 Å². The van der Waals surface area contributed by atoms with Crippen LogP contribution in [0.2, 0.25) is 0 Å². The molecule has 0 unspecified atom stereocenters. The zero-order valence-corrected chi connectivity index (χ0v) is 10.2. The van der Waals surface area contributed by atoms with E-state index in [1.54, 1.807) is 30.3 Å². The van der Waals surface area contributed by atoms with Gasteiger partial charge in [-0.2, -0.15) is 4.74 Å². The SMILES string of the molecule is [O-][N+](=Cc1ccc(OC(F)(F)F)cc1)c1ccccc1. The van der Waals surface area contributed by atoms with Crippen molar-refractivity contribution in [3.8, 4) is 5.75 Å². The monoisotopic (exact) mass is 281 g/mol. The van der Waals surface area contributed by atoms with Gasteiger partial charge in [-0.1, -0.05) is 18.2 Å². The van der Waals surface area contributed by atoms with Crippen molar-refractivity contribution in [2.24, 2.45) is 0 Å². The maximum absolute atomic E-state index is 12.0. The van der Waals surface area contributed by atoms with Crippen LogP contribution in [0.25, 0.3) is 0 Å². The minimum Gasteiger partial charge on any atom is -0.618 e. The molecule has 2 aromatic carbocycles. The number of halogens is 3. The smallest absolute Gasteiger partial charge is 0.573 e. The van der Waals surface area contributed by atoms with Crippen LogP contribution in [-0.2, 0) is 0 Å². The molecule has 0 spiro atoms. The molecule has 0 aliphatic heterocycles. The van der Waals surface area contributed by atoms with Crippen LogP contribution in [0.1, 0.15) is 5.56 Å². The second kappa shape index (κ2) is 5.64. The first-order valence-electron chi connectivity index (χ1n) is 5.66. The first-order chi connectivity index (χ1) is 9.44. The van der Waals surface area contributed by atoms with Gasteiger partial charge in [-0.15, -0.1) is 13.2 Å². The van der Waals surface area contributed by atoms with Gasteiger partial charge in [0.05, 0.1) is 0 Å². The van der Waals surface area contributed by atoms with Crippen molar-refractivity contribution in [1.29, 1.82) is 0 Å². The van der Waals surface area contributed by atoms with Crippen LogP contribution < -0.4 is 4.74 Å². The average Bonchev–Trinajstić information content (AvgIpc) is 2.40. The fraction of sp³-hybridized carbons (Fsp3) is 0.0714. The van der Waals surface area contributed by atoms with E-state index < -0.39 is 6.36 Å². The molecule has 0 fully saturated rings. The predicted molar refractivity (Wildman–Crippen MR) is 68.0 cm³/mol. The molecule has 0 aliphatic carbocycles. The van der Waals surface area contributed by atoms with Gasteiger partial charge in [0.2, 0.25) is 5.69 Å². The van der Waals surface area contributed by atoms with E-state index in [0.717, 1.165) is 12.1 Å². The lowest BCUT2D eigenvalue weighted by molar-refractivity contribution is -0.354. The summed E-state index contributed by atoms with van der Waals surface area (Å²) in [5, 5.41) is 11.8. The topological polar surface area (TPSA) is 35.3 Å². The van der Waals surface area contributed by atoms with Crippen LogP contribution in [0.5, 0.6) is 5.75 Å². The van der Waals surface area contributed by atoms with Crippen molar-refractivity contribution >= 4 is 11.9 Å². The van der Waals surface area contributed by atoms with Crippen molar-refractivity contribution in [3.05, 3.63) is 65.4 Å². The number of para-hydroxylation sites is 1. The molecular weight excluding hydrogens is 271 g/mol. The van der Waals surface area contributed by atoms with E-state index >= 15 is 0 Å². The summed E-state index contributed by atoms with van der Waals surface area (Å²) < 4.78 is 40.3. The van der Waals surface area contributed by atoms with Crippen molar-refractivity contribution in [2.45, 2.75) is 6.36 Å². The van der Waals surface area contributed by atoms with Crippen molar-refractivity contribution < 1.29 is 22.6 Å². The molecule has 20 heavy (non-hydrogen) atoms. The largest absolute Gasteiger partial charge is 0.618 e. The number of alkyl halides is 3. The molecular formula is C14H10F3NO2. The van der Waals surface area contributed by atoms with E-state index in [0.29, 0.717) is 16.0 Å². The van der Waals surface area contributed by atoms with Crippen LogP contribution in [-0.4, -0.2) is 17.3 Å². The Hall–Kier alpha value is -2.50. The molecule has 0 atom stereocenters. The van der Waals surface area contributed by atoms with Gasteiger partial charge in [-0.05, 0) is 24.3 Å². The minimum absolute atomic E-state index is 0.327. The van der Waals surface area contributed by atoms with E-state index in [9.17, 15) is 18.4 Å². The van der Waals surface area contributed by atoms with E-state index in [2.05, 4.69) is 4.74 Å². The second-order valence-electron chi connectivity index (χ2n) is 3.91. The zero-order valence-electron chi connectivity index (χ0n) is 10.2. The molecule has 2 rings (SSSR count). The third-order valence-electron chi connectivity index (χ3n) is 2.39. The summed E-state index contributed by atoms with van der Waals surface area (Å²) in [7, 11) is 0. The number of rotatable bonds is 3. The lowest BCUT2D eigenvalue weighted by Crippen LogP contribution is -2.17. The van der Waals surface area contributed by atoms with Crippen LogP contribution in [0.3, 0.4) is 0 Å². The van der Waals surface area contributed by atoms with Crippen molar-refractivity contribution in [3.63, 3.8) is 0 Å². The number of nitrogens with zero attached hydrogens (tertiary/aromatic N) is 1. The maximum atomic E-state index is 12.0. The highest BCUT2D eigenvalue weighted by Crippen LogP contribution is 2.22. The molecule has 0 heterocycles. The Morgan fingerprint density at radius 1 is 0.950 bits per heavy atom. The molecule has 3 nitrogen and oxygen atoms in total. The molecule has 0 saturated carbocycles. The summed E-state index contributed by atoms with van der Waals surface area (Å²) in [5.74, 6) is -0.327. The highest BCUT2D eigenvalue weighted by molar-refractivity contribution is 5.76. The quantitative estimate of drug-likeness (QED) is 0.371. The highest BCUT2D eigenvalue weighted by atomic mass is 19.4. The van der Waals surface area contributed by atoms with Crippen LogP contribution in [0.4, 0.5) is 18.9 Å². The predicted octanol–water partition coefficient (Wildman–Crippen LogP) is 3.85. The fourth-order valence-corrected chi connectivity index (χ4v) is 1.54. The number of hydrogen-bond acceptors (Lipinski definition) is 2. The summed E-state index contributed by atoms with van der Waals surface area (Å²) in [6.07, 6.45) is -3.45. The molecule has 2 aromatic rings. The molecule has 0 aliphatic rings. The van der Waals surface area contributed by atoms with Crippen LogP contribution in [0.15, 0.2) is 54.6 Å². The van der Waals surface area contributed by atoms with Gasteiger partial charge in [0.1, 0.15) is 5.75 Å². The first-order valence-corrected chi connectivity index (χ1v) is 5.66. The first kappa shape index (κ1) is 13.9. The Bertz CT molecular complexity index is 592. The average molecular weight is 281 g/mol. The van der Waals surface area contributed by atoms with Gasteiger partial charge < -0.3 is 9.94 Å². The second-order valence-corrected chi connectivity index (χ2v) is 3.91. The van der Waals surface area contributed by atoms with Crippen LogP contribution in [0, 0.1) is 5.21 Å². The molecule has 0 aromatic heterocycles. The molecule has 0 bridgehead atoms. The van der Waals surface area contributed by atoms with Crippen molar-refractivity contribution in [2.75, 3.05) is 0 Å². The number of hydrogen-bond donors (Lipinski definition) is 0. The normalized spacial score (nSPS) is 12.2. The molecule has 0 amide bonds. The van der Waals surface area contributed by atoms with E-state index in [1.165, 1.54) is 18.3 Å². The van der Waals surface area contributed by atoms with Gasteiger partial charge in [-0.3, -0.25) is 0 Å². The van der Waals surface area contributed by atoms with Gasteiger partial charge in [0.15, 0.2) is 6.21 Å². The third-order valence-corrected chi connectivity index (χ3v) is 2.39. The maximum Gasteiger partial charge on any atom is 0.573 e. The Kier molecular flexibility index (Phi) is 3.93. The van der Waals surface area contributed by atoms with Gasteiger partial charge >= 0.3 is 6.36 Å². The van der Waals surface area contributed by atoms with Crippen LogP contribution >= 0.6 is 0 Å². The van der Waals surface area contributed by atoms with Gasteiger partial charge in [-0.25, -0.2) is 0 Å². The summed E-state index contributed by atoms with van der Waals surface area (Å²) >= 11 is 0. The zero-order chi connectivity index (χ0) is 14.6. The fourth-order valence-electron chi connectivity index (χ4n) is 1.54. The standard InChI is InChI=1S/C14H10F3NO2/c15-14(16,17)20-13-8-6-11(7-9-13)10-18(19)12-4-2-1-3-5-12/h1-10H. The van der Waals surface area contributed by atoms with Gasteiger partial charge in [0.25, 0.3) is 0 Å². The molecule has 0 radical (unpaired) electrons. The number of benzene rings is 2. The minimum atomic E-state index is -4.72. The van der Waals surface area contributed by atoms with Gasteiger partial charge in [0, 0.05) is 17.7 Å². The molecule has 0 saturated heterocycles. The molecule has 6 heteroatoms. The Balaban J connectivity index is 2.15. The Morgan fingerprint density at radius 3 is 2.10 bits per heavy atom. The Morgan fingerprint density at radius 2 is 1.55 bits per heavy atom. The Labute approximate surface area is 113 Å². The molecule has 104 valence electrons. The van der Waals surface area contributed by atoms with E-state index in [-0.39, 0.29) is 5.75 Å². The highest BCUT2D eigenvalue weighted by Gasteiger charge is 2.30. The summed E-state index contributed by atoms with van der Waals surface area (Å²) in [4.78, 5) is 0. The lowest BCUT2D eigenvalue weighted by atomic mass is 10.2. The summed E-state index contributed by atoms with van der Waals surface area (Å²) in [5.41, 5.74) is 0.904. The van der Waals surface area contributed by atoms with E-state index in [4.69, 9.17) is 0 Å². The lowest BCUT2D eigenvalue weighted by Gasteiger charge is -2.08. The van der Waals surface area contributed by atoms with Crippen molar-refractivity contribution in [1.82, 2.24) is 0 Å². The third kappa shape index (κ3) is 4.01.